The Kier molecular flexibility index (Phi) is 4.85. The Balaban J connectivity index is 1.68. The third-order valence-electron chi connectivity index (χ3n) is 4.31. The summed E-state index contributed by atoms with van der Waals surface area (Å²) in [6.45, 7) is 8.16. The molecule has 128 valence electrons. The average molecular weight is 328 g/mol. The molecule has 2 heterocycles. The van der Waals surface area contributed by atoms with E-state index in [4.69, 9.17) is 4.74 Å². The highest BCUT2D eigenvalue weighted by Crippen LogP contribution is 2.23. The van der Waals surface area contributed by atoms with Gasteiger partial charge in [0.25, 0.3) is 0 Å². The second kappa shape index (κ2) is 7.05. The Morgan fingerprint density at radius 3 is 2.88 bits per heavy atom. The number of hydrogen-bond donors (Lipinski definition) is 1. The molecule has 1 aliphatic heterocycles. The predicted molar refractivity (Wildman–Crippen MR) is 93.0 cm³/mol. The van der Waals surface area contributed by atoms with Crippen LogP contribution in [0.1, 0.15) is 44.2 Å². The summed E-state index contributed by atoms with van der Waals surface area (Å²) in [5.41, 5.74) is 2.02. The zero-order valence-corrected chi connectivity index (χ0v) is 14.4. The quantitative estimate of drug-likeness (QED) is 0.884. The lowest BCUT2D eigenvalue weighted by Crippen LogP contribution is -2.24. The van der Waals surface area contributed by atoms with E-state index in [1.54, 1.807) is 4.90 Å². The highest BCUT2D eigenvalue weighted by Gasteiger charge is 2.23. The number of hydrogen-bond acceptors (Lipinski definition) is 4. The first-order valence-electron chi connectivity index (χ1n) is 8.35. The lowest BCUT2D eigenvalue weighted by Gasteiger charge is -2.19. The summed E-state index contributed by atoms with van der Waals surface area (Å²) >= 11 is 0. The molecule has 0 bridgehead atoms. The second-order valence-electron chi connectivity index (χ2n) is 6.31. The molecule has 1 aromatic heterocycles. The fraction of sp³-hybridized carbons (Fsp3) is 0.444. The van der Waals surface area contributed by atoms with Crippen LogP contribution in [0.2, 0.25) is 0 Å². The van der Waals surface area contributed by atoms with Crippen LogP contribution in [-0.2, 0) is 11.3 Å². The van der Waals surface area contributed by atoms with Gasteiger partial charge < -0.3 is 14.6 Å². The number of rotatable bonds is 6. The topological polar surface area (TPSA) is 59.4 Å². The van der Waals surface area contributed by atoms with Gasteiger partial charge in [-0.05, 0) is 38.5 Å². The summed E-state index contributed by atoms with van der Waals surface area (Å²) in [5.74, 6) is 1.02. The summed E-state index contributed by atoms with van der Waals surface area (Å²) in [4.78, 5) is 17.8. The molecule has 0 saturated carbocycles. The zero-order valence-electron chi connectivity index (χ0n) is 14.4. The fourth-order valence-corrected chi connectivity index (χ4v) is 2.90. The maximum Gasteiger partial charge on any atom is 0.414 e. The van der Waals surface area contributed by atoms with Gasteiger partial charge in [-0.1, -0.05) is 12.1 Å². The van der Waals surface area contributed by atoms with E-state index in [0.717, 1.165) is 17.1 Å². The SMILES string of the molecule is CC(C)n1ccnc1CN[C@@H](C)c1cccc(N2CCOC2=O)c1. The van der Waals surface area contributed by atoms with Crippen molar-refractivity contribution in [2.75, 3.05) is 18.1 Å². The third-order valence-corrected chi connectivity index (χ3v) is 4.31. The molecule has 1 saturated heterocycles. The minimum absolute atomic E-state index is 0.154. The number of amides is 1. The van der Waals surface area contributed by atoms with Gasteiger partial charge >= 0.3 is 6.09 Å². The van der Waals surface area contributed by atoms with Crippen molar-refractivity contribution in [1.82, 2.24) is 14.9 Å². The number of imidazole rings is 1. The Morgan fingerprint density at radius 2 is 2.17 bits per heavy atom. The number of ether oxygens (including phenoxy) is 1. The summed E-state index contributed by atoms with van der Waals surface area (Å²) in [5, 5.41) is 3.51. The van der Waals surface area contributed by atoms with Crippen LogP contribution in [0, 0.1) is 0 Å². The Bertz CT molecular complexity index is 711. The summed E-state index contributed by atoms with van der Waals surface area (Å²) in [6, 6.07) is 8.57. The number of benzene rings is 1. The molecule has 2 aromatic rings. The van der Waals surface area contributed by atoms with E-state index in [-0.39, 0.29) is 12.1 Å². The average Bonchev–Trinajstić information content (AvgIpc) is 3.21. The lowest BCUT2D eigenvalue weighted by atomic mass is 10.1. The van der Waals surface area contributed by atoms with Gasteiger partial charge in [0, 0.05) is 30.2 Å². The molecular formula is C18H24N4O2. The smallest absolute Gasteiger partial charge is 0.414 e. The summed E-state index contributed by atoms with van der Waals surface area (Å²) in [6.07, 6.45) is 3.57. The van der Waals surface area contributed by atoms with Crippen LogP contribution in [-0.4, -0.2) is 28.8 Å². The van der Waals surface area contributed by atoms with Crippen LogP contribution in [0.15, 0.2) is 36.7 Å². The molecule has 3 rings (SSSR count). The van der Waals surface area contributed by atoms with E-state index >= 15 is 0 Å². The molecule has 1 fully saturated rings. The molecule has 6 heteroatoms. The highest BCUT2D eigenvalue weighted by atomic mass is 16.6. The van der Waals surface area contributed by atoms with Crippen LogP contribution in [0.3, 0.4) is 0 Å². The maximum absolute atomic E-state index is 11.7. The number of anilines is 1. The number of aromatic nitrogens is 2. The predicted octanol–water partition coefficient (Wildman–Crippen LogP) is 3.27. The molecule has 1 amide bonds. The molecule has 0 unspecified atom stereocenters. The van der Waals surface area contributed by atoms with Crippen LogP contribution < -0.4 is 10.2 Å². The van der Waals surface area contributed by atoms with Crippen molar-refractivity contribution >= 4 is 11.8 Å². The Morgan fingerprint density at radius 1 is 1.33 bits per heavy atom. The summed E-state index contributed by atoms with van der Waals surface area (Å²) in [7, 11) is 0. The van der Waals surface area contributed by atoms with Crippen molar-refractivity contribution in [2.24, 2.45) is 0 Å². The minimum atomic E-state index is -0.272. The number of nitrogens with one attached hydrogen (secondary N) is 1. The first-order chi connectivity index (χ1) is 11.6. The standard InChI is InChI=1S/C18H24N4O2/c1-13(2)21-8-7-19-17(21)12-20-14(3)15-5-4-6-16(11-15)22-9-10-24-18(22)23/h4-8,11,13-14,20H,9-10,12H2,1-3H3/t14-/m0/s1. The van der Waals surface area contributed by atoms with E-state index in [9.17, 15) is 4.79 Å². The molecule has 1 aliphatic rings. The van der Waals surface area contributed by atoms with E-state index in [0.29, 0.717) is 25.7 Å². The van der Waals surface area contributed by atoms with Crippen LogP contribution in [0.4, 0.5) is 10.5 Å². The molecule has 0 aliphatic carbocycles. The molecule has 1 N–H and O–H groups in total. The van der Waals surface area contributed by atoms with Gasteiger partial charge in [-0.15, -0.1) is 0 Å². The van der Waals surface area contributed by atoms with Gasteiger partial charge in [0.1, 0.15) is 12.4 Å². The van der Waals surface area contributed by atoms with Crippen molar-refractivity contribution in [3.8, 4) is 0 Å². The number of cyclic esters (lactones) is 1. The van der Waals surface area contributed by atoms with Crippen molar-refractivity contribution in [2.45, 2.75) is 39.4 Å². The number of carbonyl (C=O) groups is 1. The second-order valence-corrected chi connectivity index (χ2v) is 6.31. The van der Waals surface area contributed by atoms with Crippen molar-refractivity contribution in [3.05, 3.63) is 48.0 Å². The molecule has 0 spiro atoms. The highest BCUT2D eigenvalue weighted by molar-refractivity contribution is 5.89. The first-order valence-corrected chi connectivity index (χ1v) is 8.35. The number of nitrogens with zero attached hydrogens (tertiary/aromatic N) is 3. The summed E-state index contributed by atoms with van der Waals surface area (Å²) < 4.78 is 7.18. The van der Waals surface area contributed by atoms with Crippen LogP contribution in [0.25, 0.3) is 0 Å². The molecule has 1 atom stereocenters. The van der Waals surface area contributed by atoms with Crippen LogP contribution >= 0.6 is 0 Å². The van der Waals surface area contributed by atoms with Gasteiger partial charge in [0.2, 0.25) is 0 Å². The van der Waals surface area contributed by atoms with Crippen molar-refractivity contribution in [3.63, 3.8) is 0 Å². The van der Waals surface area contributed by atoms with E-state index in [1.165, 1.54) is 0 Å². The molecule has 0 radical (unpaired) electrons. The van der Waals surface area contributed by atoms with Crippen molar-refractivity contribution in [1.29, 1.82) is 0 Å². The Hall–Kier alpha value is -2.34. The van der Waals surface area contributed by atoms with Crippen molar-refractivity contribution < 1.29 is 9.53 Å². The lowest BCUT2D eigenvalue weighted by molar-refractivity contribution is 0.181. The normalized spacial score (nSPS) is 15.8. The monoisotopic (exact) mass is 328 g/mol. The molecule has 24 heavy (non-hydrogen) atoms. The maximum atomic E-state index is 11.7. The van der Waals surface area contributed by atoms with E-state index in [1.807, 2.05) is 30.6 Å². The third kappa shape index (κ3) is 3.43. The van der Waals surface area contributed by atoms with Gasteiger partial charge in [0.15, 0.2) is 0 Å². The molecule has 6 nitrogen and oxygen atoms in total. The van der Waals surface area contributed by atoms with E-state index < -0.39 is 0 Å². The van der Waals surface area contributed by atoms with Gasteiger partial charge in [-0.2, -0.15) is 0 Å². The van der Waals surface area contributed by atoms with E-state index in [2.05, 4.69) is 41.7 Å². The molecule has 1 aromatic carbocycles. The first kappa shape index (κ1) is 16.5. The van der Waals surface area contributed by atoms with Gasteiger partial charge in [0.05, 0.1) is 13.1 Å². The largest absolute Gasteiger partial charge is 0.447 e. The Labute approximate surface area is 142 Å². The number of carbonyl (C=O) groups excluding carboxylic acids is 1. The fourth-order valence-electron chi connectivity index (χ4n) is 2.90. The zero-order chi connectivity index (χ0) is 17.1. The van der Waals surface area contributed by atoms with Gasteiger partial charge in [-0.3, -0.25) is 4.90 Å². The molecular weight excluding hydrogens is 304 g/mol. The van der Waals surface area contributed by atoms with Crippen LogP contribution in [0.5, 0.6) is 0 Å². The minimum Gasteiger partial charge on any atom is -0.447 e. The van der Waals surface area contributed by atoms with Gasteiger partial charge in [-0.25, -0.2) is 9.78 Å².